The van der Waals surface area contributed by atoms with Gasteiger partial charge in [0.05, 0.1) is 7.14 Å². The zero-order valence-corrected chi connectivity index (χ0v) is 20.8. The molecule has 3 rings (SSSR count). The molecule has 0 aliphatic rings. The second kappa shape index (κ2) is 10.0. The van der Waals surface area contributed by atoms with E-state index >= 15 is 0 Å². The lowest BCUT2D eigenvalue weighted by Crippen LogP contribution is -2.32. The molecule has 7 nitrogen and oxygen atoms in total. The maximum absolute atomic E-state index is 11.3. The standard InChI is InChI=1S/C22H20I2N2O5/c1-11-4-18(27)14(5-12-2-3-20(28)26-10-12)9-19(11)31-21-15(23)6-13(7-16(21)24)8-17(25)22(29)30/h2-4,6-7,9-10,17,27H,5,8,25H2,1H3,(H,26,28)(H,29,30). The van der Waals surface area contributed by atoms with Crippen LogP contribution in [0.15, 0.2) is 47.4 Å². The van der Waals surface area contributed by atoms with Crippen LogP contribution in [-0.4, -0.2) is 27.2 Å². The lowest BCUT2D eigenvalue weighted by molar-refractivity contribution is -0.138. The fourth-order valence-corrected chi connectivity index (χ4v) is 5.14. The molecule has 3 aromatic rings. The molecule has 2 aromatic carbocycles. The summed E-state index contributed by atoms with van der Waals surface area (Å²) in [5.41, 5.74) is 8.58. The number of phenolic OH excluding ortho intramolecular Hbond substituents is 1. The lowest BCUT2D eigenvalue weighted by atomic mass is 10.0. The van der Waals surface area contributed by atoms with E-state index in [1.807, 2.05) is 19.1 Å². The van der Waals surface area contributed by atoms with Crippen LogP contribution in [0.2, 0.25) is 0 Å². The number of pyridine rings is 1. The highest BCUT2D eigenvalue weighted by Gasteiger charge is 2.17. The molecule has 0 amide bonds. The topological polar surface area (TPSA) is 126 Å². The SMILES string of the molecule is Cc1cc(O)c(Cc2ccc(=O)[nH]c2)cc1Oc1c(I)cc(CC(N)C(=O)O)cc1I. The number of aromatic nitrogens is 1. The van der Waals surface area contributed by atoms with Gasteiger partial charge in [0.25, 0.3) is 0 Å². The van der Waals surface area contributed by atoms with Gasteiger partial charge in [0.1, 0.15) is 17.5 Å². The number of nitrogens with two attached hydrogens (primary N) is 1. The Morgan fingerprint density at radius 2 is 1.84 bits per heavy atom. The summed E-state index contributed by atoms with van der Waals surface area (Å²) in [6, 6.07) is 9.35. The Morgan fingerprint density at radius 1 is 1.16 bits per heavy atom. The van der Waals surface area contributed by atoms with Crippen molar-refractivity contribution in [3.05, 3.63) is 82.3 Å². The van der Waals surface area contributed by atoms with Gasteiger partial charge in [-0.05, 0) is 99.5 Å². The Morgan fingerprint density at radius 3 is 2.42 bits per heavy atom. The van der Waals surface area contributed by atoms with E-state index in [0.717, 1.165) is 23.8 Å². The monoisotopic (exact) mass is 646 g/mol. The number of carboxylic acid groups (broad SMARTS) is 1. The fraction of sp³-hybridized carbons (Fsp3) is 0.182. The number of hydrogen-bond acceptors (Lipinski definition) is 5. The Hall–Kier alpha value is -2.12. The van der Waals surface area contributed by atoms with Crippen molar-refractivity contribution in [2.24, 2.45) is 5.73 Å². The summed E-state index contributed by atoms with van der Waals surface area (Å²) in [6.45, 7) is 1.85. The van der Waals surface area contributed by atoms with Crippen molar-refractivity contribution in [1.29, 1.82) is 0 Å². The maximum Gasteiger partial charge on any atom is 0.320 e. The molecule has 31 heavy (non-hydrogen) atoms. The third kappa shape index (κ3) is 5.98. The third-order valence-electron chi connectivity index (χ3n) is 4.66. The van der Waals surface area contributed by atoms with E-state index in [-0.39, 0.29) is 17.7 Å². The van der Waals surface area contributed by atoms with Crippen LogP contribution < -0.4 is 16.0 Å². The number of phenols is 1. The van der Waals surface area contributed by atoms with Gasteiger partial charge in [0.2, 0.25) is 5.56 Å². The van der Waals surface area contributed by atoms with Crippen molar-refractivity contribution in [2.45, 2.75) is 25.8 Å². The average Bonchev–Trinajstić information content (AvgIpc) is 2.69. The zero-order valence-electron chi connectivity index (χ0n) is 16.5. The first-order chi connectivity index (χ1) is 14.6. The number of rotatable bonds is 7. The molecule has 0 aliphatic heterocycles. The smallest absolute Gasteiger partial charge is 0.320 e. The highest BCUT2D eigenvalue weighted by Crippen LogP contribution is 2.37. The molecule has 0 saturated heterocycles. The number of aryl methyl sites for hydroxylation is 1. The van der Waals surface area contributed by atoms with Gasteiger partial charge in [-0.25, -0.2) is 0 Å². The molecule has 1 unspecified atom stereocenters. The quantitative estimate of drug-likeness (QED) is 0.289. The summed E-state index contributed by atoms with van der Waals surface area (Å²) in [7, 11) is 0. The number of aliphatic carboxylic acids is 1. The summed E-state index contributed by atoms with van der Waals surface area (Å²) in [5, 5.41) is 19.4. The summed E-state index contributed by atoms with van der Waals surface area (Å²) >= 11 is 4.30. The van der Waals surface area contributed by atoms with Crippen molar-refractivity contribution >= 4 is 51.2 Å². The second-order valence-electron chi connectivity index (χ2n) is 7.12. The van der Waals surface area contributed by atoms with Gasteiger partial charge < -0.3 is 25.7 Å². The molecule has 0 fully saturated rings. The van der Waals surface area contributed by atoms with Crippen LogP contribution in [0.5, 0.6) is 17.2 Å². The van der Waals surface area contributed by atoms with Gasteiger partial charge in [-0.15, -0.1) is 0 Å². The van der Waals surface area contributed by atoms with Crippen LogP contribution >= 0.6 is 45.2 Å². The van der Waals surface area contributed by atoms with Crippen molar-refractivity contribution < 1.29 is 19.7 Å². The first kappa shape index (κ1) is 23.5. The highest BCUT2D eigenvalue weighted by molar-refractivity contribution is 14.1. The molecule has 1 heterocycles. The van der Waals surface area contributed by atoms with Crippen LogP contribution in [0.25, 0.3) is 0 Å². The first-order valence-corrected chi connectivity index (χ1v) is 11.4. The fourth-order valence-electron chi connectivity index (χ4n) is 3.02. The van der Waals surface area contributed by atoms with Gasteiger partial charge >= 0.3 is 5.97 Å². The molecule has 1 atom stereocenters. The number of ether oxygens (including phenoxy) is 1. The van der Waals surface area contributed by atoms with E-state index in [2.05, 4.69) is 50.2 Å². The van der Waals surface area contributed by atoms with Crippen molar-refractivity contribution in [3.8, 4) is 17.2 Å². The van der Waals surface area contributed by atoms with Crippen LogP contribution in [0.1, 0.15) is 22.3 Å². The van der Waals surface area contributed by atoms with Gasteiger partial charge in [0, 0.05) is 24.2 Å². The number of carboxylic acids is 1. The number of aromatic amines is 1. The number of halogens is 2. The molecule has 0 bridgehead atoms. The Labute approximate surface area is 205 Å². The number of carbonyl (C=O) groups is 1. The van der Waals surface area contributed by atoms with E-state index in [9.17, 15) is 14.7 Å². The van der Waals surface area contributed by atoms with E-state index < -0.39 is 12.0 Å². The molecule has 0 aliphatic carbocycles. The number of hydrogen-bond donors (Lipinski definition) is 4. The van der Waals surface area contributed by atoms with Gasteiger partial charge in [-0.1, -0.05) is 6.07 Å². The van der Waals surface area contributed by atoms with Crippen molar-refractivity contribution in [3.63, 3.8) is 0 Å². The number of nitrogens with one attached hydrogen (secondary N) is 1. The lowest BCUT2D eigenvalue weighted by Gasteiger charge is -2.16. The van der Waals surface area contributed by atoms with E-state index in [1.165, 1.54) is 6.07 Å². The van der Waals surface area contributed by atoms with Gasteiger partial charge in [0.15, 0.2) is 5.75 Å². The zero-order chi connectivity index (χ0) is 22.7. The summed E-state index contributed by atoms with van der Waals surface area (Å²) in [6.07, 6.45) is 2.28. The summed E-state index contributed by atoms with van der Waals surface area (Å²) in [4.78, 5) is 24.9. The molecule has 162 valence electrons. The molecule has 0 spiro atoms. The number of H-pyrrole nitrogens is 1. The van der Waals surface area contributed by atoms with E-state index in [0.29, 0.717) is 23.5 Å². The van der Waals surface area contributed by atoms with E-state index in [4.69, 9.17) is 15.6 Å². The third-order valence-corrected chi connectivity index (χ3v) is 6.26. The molecule has 1 aromatic heterocycles. The maximum atomic E-state index is 11.3. The second-order valence-corrected chi connectivity index (χ2v) is 9.45. The molecule has 5 N–H and O–H groups in total. The molecule has 9 heteroatoms. The molecular formula is C22H20I2N2O5. The summed E-state index contributed by atoms with van der Waals surface area (Å²) in [5.74, 6) is 0.360. The predicted octanol–water partition coefficient (Wildman–Crippen LogP) is 3.94. The van der Waals surface area contributed by atoms with Crippen molar-refractivity contribution in [2.75, 3.05) is 0 Å². The summed E-state index contributed by atoms with van der Waals surface area (Å²) < 4.78 is 7.85. The van der Waals surface area contributed by atoms with Crippen molar-refractivity contribution in [1.82, 2.24) is 4.98 Å². The Bertz CT molecular complexity index is 1150. The first-order valence-electron chi connectivity index (χ1n) is 9.28. The minimum absolute atomic E-state index is 0.151. The van der Waals surface area contributed by atoms with E-state index in [1.54, 1.807) is 24.4 Å². The number of benzene rings is 2. The van der Waals surface area contributed by atoms with Crippen LogP contribution in [0, 0.1) is 14.1 Å². The van der Waals surface area contributed by atoms with Gasteiger partial charge in [-0.3, -0.25) is 9.59 Å². The minimum Gasteiger partial charge on any atom is -0.508 e. The largest absolute Gasteiger partial charge is 0.508 e. The van der Waals surface area contributed by atoms with Crippen LogP contribution in [0.4, 0.5) is 0 Å². The number of aromatic hydroxyl groups is 1. The predicted molar refractivity (Wildman–Crippen MR) is 134 cm³/mol. The van der Waals surface area contributed by atoms with Crippen LogP contribution in [0.3, 0.4) is 0 Å². The highest BCUT2D eigenvalue weighted by atomic mass is 127. The molecular weight excluding hydrogens is 626 g/mol. The Balaban J connectivity index is 1.89. The van der Waals surface area contributed by atoms with Crippen LogP contribution in [-0.2, 0) is 17.6 Å². The average molecular weight is 646 g/mol. The van der Waals surface area contributed by atoms with Gasteiger partial charge in [-0.2, -0.15) is 0 Å². The Kier molecular flexibility index (Phi) is 7.59. The molecule has 0 radical (unpaired) electrons. The normalized spacial score (nSPS) is 11.9. The minimum atomic E-state index is -1.04. The molecule has 0 saturated carbocycles.